The van der Waals surface area contributed by atoms with E-state index >= 15 is 0 Å². The molecule has 1 fully saturated rings. The lowest BCUT2D eigenvalue weighted by Crippen LogP contribution is -2.42. The van der Waals surface area contributed by atoms with Gasteiger partial charge in [0.15, 0.2) is 5.96 Å². The van der Waals surface area contributed by atoms with Gasteiger partial charge in [-0.2, -0.15) is 13.2 Å². The zero-order valence-electron chi connectivity index (χ0n) is 12.7. The minimum atomic E-state index is -4.16. The van der Waals surface area contributed by atoms with Crippen LogP contribution in [0.3, 0.4) is 0 Å². The summed E-state index contributed by atoms with van der Waals surface area (Å²) in [5, 5.41) is 6.49. The van der Waals surface area contributed by atoms with E-state index in [4.69, 9.17) is 11.6 Å². The van der Waals surface area contributed by atoms with Gasteiger partial charge < -0.3 is 10.6 Å². The SMILES string of the molecule is CN=C(NCCC(F)(F)F)NCC1(c2ccc(Cl)cc2)CC1.I. The summed E-state index contributed by atoms with van der Waals surface area (Å²) in [5.41, 5.74) is 1.22. The van der Waals surface area contributed by atoms with Crippen LogP contribution in [0, 0.1) is 0 Å². The number of aliphatic imine (C=N–C) groups is 1. The van der Waals surface area contributed by atoms with Crippen molar-refractivity contribution < 1.29 is 13.2 Å². The van der Waals surface area contributed by atoms with Crippen LogP contribution in [0.2, 0.25) is 5.02 Å². The smallest absolute Gasteiger partial charge is 0.356 e. The molecule has 0 heterocycles. The zero-order valence-corrected chi connectivity index (χ0v) is 15.8. The quantitative estimate of drug-likeness (QED) is 0.393. The fourth-order valence-corrected chi connectivity index (χ4v) is 2.44. The van der Waals surface area contributed by atoms with Crippen molar-refractivity contribution >= 4 is 41.5 Å². The van der Waals surface area contributed by atoms with E-state index in [0.29, 0.717) is 17.5 Å². The normalized spacial score (nSPS) is 16.5. The Hall–Kier alpha value is -0.700. The van der Waals surface area contributed by atoms with E-state index in [2.05, 4.69) is 15.6 Å². The number of rotatable bonds is 5. The molecule has 130 valence electrons. The van der Waals surface area contributed by atoms with E-state index in [0.717, 1.165) is 12.8 Å². The Morgan fingerprint density at radius 2 is 1.83 bits per heavy atom. The van der Waals surface area contributed by atoms with E-state index in [9.17, 15) is 13.2 Å². The van der Waals surface area contributed by atoms with E-state index < -0.39 is 12.6 Å². The molecule has 0 radical (unpaired) electrons. The van der Waals surface area contributed by atoms with Crippen molar-refractivity contribution in [3.8, 4) is 0 Å². The third-order valence-corrected chi connectivity index (χ3v) is 4.08. The Labute approximate surface area is 156 Å². The van der Waals surface area contributed by atoms with Crippen molar-refractivity contribution in [3.05, 3.63) is 34.9 Å². The van der Waals surface area contributed by atoms with Gasteiger partial charge in [-0.25, -0.2) is 0 Å². The molecule has 0 bridgehead atoms. The third-order valence-electron chi connectivity index (χ3n) is 3.83. The summed E-state index contributed by atoms with van der Waals surface area (Å²) >= 11 is 5.89. The third kappa shape index (κ3) is 6.37. The summed E-state index contributed by atoms with van der Waals surface area (Å²) in [4.78, 5) is 3.95. The molecule has 0 unspecified atom stereocenters. The molecular formula is C15H20ClF3IN3. The fraction of sp³-hybridized carbons (Fsp3) is 0.533. The van der Waals surface area contributed by atoms with Crippen LogP contribution in [-0.4, -0.2) is 32.3 Å². The van der Waals surface area contributed by atoms with Crippen LogP contribution in [0.4, 0.5) is 13.2 Å². The minimum Gasteiger partial charge on any atom is -0.356 e. The molecule has 1 aliphatic carbocycles. The maximum atomic E-state index is 12.1. The Kier molecular flexibility index (Phi) is 7.44. The number of nitrogens with zero attached hydrogens (tertiary/aromatic N) is 1. The van der Waals surface area contributed by atoms with Gasteiger partial charge >= 0.3 is 6.18 Å². The number of nitrogens with one attached hydrogen (secondary N) is 2. The molecule has 0 saturated heterocycles. The maximum Gasteiger partial charge on any atom is 0.390 e. The lowest BCUT2D eigenvalue weighted by Gasteiger charge is -2.19. The Balaban J connectivity index is 0.00000264. The molecule has 0 aliphatic heterocycles. The molecule has 0 spiro atoms. The van der Waals surface area contributed by atoms with E-state index in [1.807, 2.05) is 24.3 Å². The fourth-order valence-electron chi connectivity index (χ4n) is 2.32. The molecule has 0 atom stereocenters. The van der Waals surface area contributed by atoms with Gasteiger partial charge in [0.1, 0.15) is 0 Å². The maximum absolute atomic E-state index is 12.1. The largest absolute Gasteiger partial charge is 0.390 e. The molecular weight excluding hydrogens is 442 g/mol. The highest BCUT2D eigenvalue weighted by molar-refractivity contribution is 14.0. The zero-order chi connectivity index (χ0) is 16.2. The molecule has 1 saturated carbocycles. The monoisotopic (exact) mass is 461 g/mol. The van der Waals surface area contributed by atoms with Crippen LogP contribution in [0.25, 0.3) is 0 Å². The molecule has 1 aromatic rings. The summed E-state index contributed by atoms with van der Waals surface area (Å²) in [6, 6.07) is 7.70. The predicted molar refractivity (Wildman–Crippen MR) is 97.8 cm³/mol. The second kappa shape index (κ2) is 8.41. The Morgan fingerprint density at radius 1 is 1.22 bits per heavy atom. The highest BCUT2D eigenvalue weighted by atomic mass is 127. The lowest BCUT2D eigenvalue weighted by atomic mass is 9.96. The minimum absolute atomic E-state index is 0. The Morgan fingerprint density at radius 3 is 2.30 bits per heavy atom. The lowest BCUT2D eigenvalue weighted by molar-refractivity contribution is -0.132. The number of alkyl halides is 3. The first-order valence-electron chi connectivity index (χ1n) is 7.12. The van der Waals surface area contributed by atoms with Gasteiger partial charge in [0.05, 0.1) is 6.42 Å². The van der Waals surface area contributed by atoms with Crippen LogP contribution in [0.15, 0.2) is 29.3 Å². The van der Waals surface area contributed by atoms with Gasteiger partial charge in [0.2, 0.25) is 0 Å². The standard InChI is InChI=1S/C15H19ClF3N3.HI/c1-20-13(21-9-8-15(17,18)19)22-10-14(6-7-14)11-2-4-12(16)5-3-11;/h2-5H,6-10H2,1H3,(H2,20,21,22);1H. The van der Waals surface area contributed by atoms with Crippen molar-refractivity contribution in [1.82, 2.24) is 10.6 Å². The van der Waals surface area contributed by atoms with Crippen molar-refractivity contribution in [2.75, 3.05) is 20.1 Å². The van der Waals surface area contributed by atoms with Gasteiger partial charge in [-0.05, 0) is 30.5 Å². The van der Waals surface area contributed by atoms with Crippen LogP contribution in [-0.2, 0) is 5.41 Å². The number of hydrogen-bond donors (Lipinski definition) is 2. The molecule has 1 aromatic carbocycles. The summed E-state index contributed by atoms with van der Waals surface area (Å²) in [6.45, 7) is 0.456. The van der Waals surface area contributed by atoms with Gasteiger partial charge in [-0.1, -0.05) is 23.7 Å². The van der Waals surface area contributed by atoms with Crippen molar-refractivity contribution in [1.29, 1.82) is 0 Å². The number of halogens is 5. The number of hydrogen-bond acceptors (Lipinski definition) is 1. The number of benzene rings is 1. The topological polar surface area (TPSA) is 36.4 Å². The highest BCUT2D eigenvalue weighted by Crippen LogP contribution is 2.47. The van der Waals surface area contributed by atoms with E-state index in [1.54, 1.807) is 7.05 Å². The summed E-state index contributed by atoms with van der Waals surface area (Å²) in [6.07, 6.45) is -2.95. The van der Waals surface area contributed by atoms with E-state index in [-0.39, 0.29) is 35.9 Å². The van der Waals surface area contributed by atoms with Crippen molar-refractivity contribution in [2.24, 2.45) is 4.99 Å². The predicted octanol–water partition coefficient (Wildman–Crippen LogP) is 4.11. The van der Waals surface area contributed by atoms with Crippen LogP contribution >= 0.6 is 35.6 Å². The molecule has 2 N–H and O–H groups in total. The second-order valence-electron chi connectivity index (χ2n) is 5.50. The average molecular weight is 462 g/mol. The molecule has 8 heteroatoms. The molecule has 2 rings (SSSR count). The van der Waals surface area contributed by atoms with Crippen LogP contribution < -0.4 is 10.6 Å². The van der Waals surface area contributed by atoms with Crippen LogP contribution in [0.5, 0.6) is 0 Å². The van der Waals surface area contributed by atoms with Gasteiger partial charge in [-0.15, -0.1) is 24.0 Å². The summed E-state index contributed by atoms with van der Waals surface area (Å²) in [7, 11) is 1.55. The van der Waals surface area contributed by atoms with Gasteiger partial charge in [0.25, 0.3) is 0 Å². The Bertz CT molecular complexity index is 528. The van der Waals surface area contributed by atoms with Gasteiger partial charge in [0, 0.05) is 30.6 Å². The molecule has 0 aromatic heterocycles. The molecule has 23 heavy (non-hydrogen) atoms. The molecule has 1 aliphatic rings. The van der Waals surface area contributed by atoms with Crippen molar-refractivity contribution in [3.63, 3.8) is 0 Å². The average Bonchev–Trinajstić information content (AvgIpc) is 3.23. The van der Waals surface area contributed by atoms with Crippen LogP contribution in [0.1, 0.15) is 24.8 Å². The summed E-state index contributed by atoms with van der Waals surface area (Å²) in [5.74, 6) is 0.393. The second-order valence-corrected chi connectivity index (χ2v) is 5.94. The number of guanidine groups is 1. The first-order valence-corrected chi connectivity index (χ1v) is 7.50. The first kappa shape index (κ1) is 20.3. The van der Waals surface area contributed by atoms with Crippen molar-refractivity contribution in [2.45, 2.75) is 30.9 Å². The van der Waals surface area contributed by atoms with E-state index in [1.165, 1.54) is 5.56 Å². The molecule has 3 nitrogen and oxygen atoms in total. The summed E-state index contributed by atoms with van der Waals surface area (Å²) < 4.78 is 36.4. The molecule has 0 amide bonds. The van der Waals surface area contributed by atoms with Gasteiger partial charge in [-0.3, -0.25) is 4.99 Å². The highest BCUT2D eigenvalue weighted by Gasteiger charge is 2.44. The first-order chi connectivity index (χ1) is 10.3.